The molecule has 5 rings (SSSR count). The minimum Gasteiger partial charge on any atom is -0.481 e. The number of pyridine rings is 2. The Morgan fingerprint density at radius 3 is 2.53 bits per heavy atom. The zero-order chi connectivity index (χ0) is 22.3. The van der Waals surface area contributed by atoms with Crippen LogP contribution in [0.4, 0.5) is 0 Å². The van der Waals surface area contributed by atoms with E-state index >= 15 is 0 Å². The van der Waals surface area contributed by atoms with Gasteiger partial charge in [0.15, 0.2) is 0 Å². The number of ether oxygens (including phenoxy) is 1. The van der Waals surface area contributed by atoms with Crippen LogP contribution in [-0.4, -0.2) is 27.3 Å². The normalized spacial score (nSPS) is 11.6. The first-order valence-corrected chi connectivity index (χ1v) is 10.3. The number of fused-ring (bicyclic) bond motifs is 3. The highest BCUT2D eigenvalue weighted by Crippen LogP contribution is 2.34. The fourth-order valence-corrected chi connectivity index (χ4v) is 3.87. The van der Waals surface area contributed by atoms with Crippen molar-refractivity contribution in [3.63, 3.8) is 0 Å². The molecule has 0 amide bonds. The SMILES string of the molecule is COc1cccc(-c2ccc3ncc4[nH]nc(-c5ccc(C(C)(C)C#N)cc5)c4c3c2)n1. The fourth-order valence-electron chi connectivity index (χ4n) is 3.87. The first kappa shape index (κ1) is 19.7. The van der Waals surface area contributed by atoms with Crippen LogP contribution >= 0.6 is 0 Å². The summed E-state index contributed by atoms with van der Waals surface area (Å²) in [5.41, 5.74) is 5.82. The third-order valence-electron chi connectivity index (χ3n) is 5.78. The van der Waals surface area contributed by atoms with Gasteiger partial charge in [-0.15, -0.1) is 0 Å². The average Bonchev–Trinajstić information content (AvgIpc) is 3.28. The molecular weight excluding hydrogens is 398 g/mol. The van der Waals surface area contributed by atoms with Gasteiger partial charge in [0.05, 0.1) is 41.5 Å². The van der Waals surface area contributed by atoms with Crippen LogP contribution in [0.15, 0.2) is 66.9 Å². The summed E-state index contributed by atoms with van der Waals surface area (Å²) in [6, 6.07) is 22.2. The van der Waals surface area contributed by atoms with E-state index in [1.165, 1.54) is 0 Å². The molecule has 2 aromatic carbocycles. The van der Waals surface area contributed by atoms with Crippen molar-refractivity contribution in [2.24, 2.45) is 0 Å². The van der Waals surface area contributed by atoms with Crippen LogP contribution in [0.2, 0.25) is 0 Å². The van der Waals surface area contributed by atoms with Crippen molar-refractivity contribution in [1.29, 1.82) is 5.26 Å². The number of rotatable bonds is 4. The number of hydrogen-bond acceptors (Lipinski definition) is 5. The van der Waals surface area contributed by atoms with Gasteiger partial charge in [-0.1, -0.05) is 36.4 Å². The topological polar surface area (TPSA) is 87.5 Å². The second kappa shape index (κ2) is 7.47. The smallest absolute Gasteiger partial charge is 0.213 e. The number of methoxy groups -OCH3 is 1. The highest BCUT2D eigenvalue weighted by atomic mass is 16.5. The van der Waals surface area contributed by atoms with Crippen molar-refractivity contribution in [2.75, 3.05) is 7.11 Å². The Labute approximate surface area is 185 Å². The highest BCUT2D eigenvalue weighted by molar-refractivity contribution is 6.11. The molecule has 0 radical (unpaired) electrons. The van der Waals surface area contributed by atoms with Crippen molar-refractivity contribution in [3.8, 4) is 34.5 Å². The summed E-state index contributed by atoms with van der Waals surface area (Å²) in [4.78, 5) is 9.15. The van der Waals surface area contributed by atoms with Crippen molar-refractivity contribution >= 4 is 21.8 Å². The van der Waals surface area contributed by atoms with E-state index in [1.807, 2.05) is 74.6 Å². The third-order valence-corrected chi connectivity index (χ3v) is 5.78. The maximum absolute atomic E-state index is 9.43. The largest absolute Gasteiger partial charge is 0.481 e. The molecule has 0 bridgehead atoms. The van der Waals surface area contributed by atoms with Crippen LogP contribution in [0, 0.1) is 11.3 Å². The average molecular weight is 419 g/mol. The van der Waals surface area contributed by atoms with Crippen LogP contribution in [0.3, 0.4) is 0 Å². The molecule has 0 aliphatic heterocycles. The lowest BCUT2D eigenvalue weighted by Gasteiger charge is -2.15. The fraction of sp³-hybridized carbons (Fsp3) is 0.154. The minimum atomic E-state index is -0.540. The lowest BCUT2D eigenvalue weighted by Crippen LogP contribution is -2.13. The Hall–Kier alpha value is -4.24. The number of H-pyrrole nitrogens is 1. The molecule has 0 atom stereocenters. The lowest BCUT2D eigenvalue weighted by molar-refractivity contribution is 0.398. The van der Waals surface area contributed by atoms with Gasteiger partial charge in [0.25, 0.3) is 0 Å². The van der Waals surface area contributed by atoms with Gasteiger partial charge in [0, 0.05) is 28.0 Å². The summed E-state index contributed by atoms with van der Waals surface area (Å²) < 4.78 is 5.28. The molecule has 0 spiro atoms. The molecule has 0 fully saturated rings. The number of benzene rings is 2. The first-order chi connectivity index (χ1) is 15.5. The molecule has 32 heavy (non-hydrogen) atoms. The molecule has 5 aromatic rings. The van der Waals surface area contributed by atoms with Crippen molar-refractivity contribution < 1.29 is 4.74 Å². The first-order valence-electron chi connectivity index (χ1n) is 10.3. The minimum absolute atomic E-state index is 0.540. The summed E-state index contributed by atoms with van der Waals surface area (Å²) in [6.45, 7) is 3.83. The Morgan fingerprint density at radius 1 is 1.00 bits per heavy atom. The monoisotopic (exact) mass is 419 g/mol. The summed E-state index contributed by atoms with van der Waals surface area (Å²) in [7, 11) is 1.61. The van der Waals surface area contributed by atoms with E-state index in [9.17, 15) is 5.26 Å². The maximum atomic E-state index is 9.43. The van der Waals surface area contributed by atoms with E-state index in [1.54, 1.807) is 7.11 Å². The van der Waals surface area contributed by atoms with Crippen LogP contribution in [0.1, 0.15) is 19.4 Å². The van der Waals surface area contributed by atoms with Crippen LogP contribution in [0.25, 0.3) is 44.3 Å². The second-order valence-corrected chi connectivity index (χ2v) is 8.23. The molecule has 0 saturated heterocycles. The van der Waals surface area contributed by atoms with E-state index in [4.69, 9.17) is 4.74 Å². The Balaban J connectivity index is 1.68. The van der Waals surface area contributed by atoms with Crippen molar-refractivity contribution in [1.82, 2.24) is 20.2 Å². The van der Waals surface area contributed by atoms with Gasteiger partial charge in [0.2, 0.25) is 5.88 Å². The van der Waals surface area contributed by atoms with E-state index < -0.39 is 5.41 Å². The van der Waals surface area contributed by atoms with E-state index in [0.717, 1.165) is 49.9 Å². The summed E-state index contributed by atoms with van der Waals surface area (Å²) in [5.74, 6) is 0.573. The number of nitrogens with one attached hydrogen (secondary N) is 1. The number of aromatic nitrogens is 4. The molecule has 3 aromatic heterocycles. The Bertz CT molecular complexity index is 1490. The molecule has 0 aliphatic carbocycles. The summed E-state index contributed by atoms with van der Waals surface area (Å²) in [6.07, 6.45) is 1.81. The summed E-state index contributed by atoms with van der Waals surface area (Å²) >= 11 is 0. The standard InChI is InChI=1S/C26H21N5O/c1-26(2,15-27)18-10-7-16(8-11-18)25-24-19-13-17(20-5-4-6-23(29-20)32-3)9-12-21(19)28-14-22(24)30-31-25/h4-14H,1-3H3,(H,30,31). The van der Waals surface area contributed by atoms with Crippen LogP contribution in [-0.2, 0) is 5.41 Å². The van der Waals surface area contributed by atoms with Gasteiger partial charge < -0.3 is 4.74 Å². The van der Waals surface area contributed by atoms with Crippen molar-refractivity contribution in [3.05, 3.63) is 72.4 Å². The van der Waals surface area contributed by atoms with E-state index in [0.29, 0.717) is 5.88 Å². The molecule has 6 heteroatoms. The molecule has 1 N–H and O–H groups in total. The van der Waals surface area contributed by atoms with E-state index in [-0.39, 0.29) is 0 Å². The third kappa shape index (κ3) is 3.25. The van der Waals surface area contributed by atoms with Gasteiger partial charge in [-0.3, -0.25) is 10.1 Å². The molecule has 0 aliphatic rings. The van der Waals surface area contributed by atoms with Gasteiger partial charge >= 0.3 is 0 Å². The Morgan fingerprint density at radius 2 is 1.78 bits per heavy atom. The van der Waals surface area contributed by atoms with Crippen LogP contribution < -0.4 is 4.74 Å². The molecular formula is C26H21N5O. The van der Waals surface area contributed by atoms with Gasteiger partial charge in [-0.2, -0.15) is 10.4 Å². The zero-order valence-electron chi connectivity index (χ0n) is 18.0. The van der Waals surface area contributed by atoms with Crippen molar-refractivity contribution in [2.45, 2.75) is 19.3 Å². The molecule has 156 valence electrons. The van der Waals surface area contributed by atoms with Gasteiger partial charge in [-0.25, -0.2) is 4.98 Å². The number of aromatic amines is 1. The Kier molecular flexibility index (Phi) is 4.60. The number of nitrogens with zero attached hydrogens (tertiary/aromatic N) is 4. The maximum Gasteiger partial charge on any atom is 0.213 e. The second-order valence-electron chi connectivity index (χ2n) is 8.23. The van der Waals surface area contributed by atoms with Gasteiger partial charge in [0.1, 0.15) is 5.69 Å². The summed E-state index contributed by atoms with van der Waals surface area (Å²) in [5, 5.41) is 19.1. The lowest BCUT2D eigenvalue weighted by atomic mass is 9.86. The number of hydrogen-bond donors (Lipinski definition) is 1. The van der Waals surface area contributed by atoms with Crippen LogP contribution in [0.5, 0.6) is 5.88 Å². The van der Waals surface area contributed by atoms with E-state index in [2.05, 4.69) is 32.3 Å². The quantitative estimate of drug-likeness (QED) is 0.407. The molecule has 3 heterocycles. The molecule has 0 saturated carbocycles. The van der Waals surface area contributed by atoms with Gasteiger partial charge in [-0.05, 0) is 37.6 Å². The molecule has 6 nitrogen and oxygen atoms in total. The molecule has 0 unspecified atom stereocenters. The number of nitriles is 1. The zero-order valence-corrected chi connectivity index (χ0v) is 18.0. The predicted octanol–water partition coefficient (Wildman–Crippen LogP) is 5.65. The predicted molar refractivity (Wildman–Crippen MR) is 125 cm³/mol. The highest BCUT2D eigenvalue weighted by Gasteiger charge is 2.20.